The van der Waals surface area contributed by atoms with Crippen LogP contribution in [0.4, 0.5) is 4.39 Å². The first-order chi connectivity index (χ1) is 6.77. The zero-order valence-corrected chi connectivity index (χ0v) is 7.40. The van der Waals surface area contributed by atoms with Crippen molar-refractivity contribution in [2.75, 3.05) is 0 Å². The molecule has 0 aliphatic carbocycles. The molecule has 0 aromatic heterocycles. The van der Waals surface area contributed by atoms with Crippen LogP contribution in [0.5, 0.6) is 0 Å². The van der Waals surface area contributed by atoms with Crippen molar-refractivity contribution in [1.29, 1.82) is 5.26 Å². The van der Waals surface area contributed by atoms with Gasteiger partial charge in [0.25, 0.3) is 0 Å². The minimum Gasteiger partial charge on any atom is -0.299 e. The van der Waals surface area contributed by atoms with Crippen LogP contribution in [-0.4, -0.2) is 6.29 Å². The van der Waals surface area contributed by atoms with E-state index in [4.69, 9.17) is 5.26 Å². The molecule has 3 heteroatoms. The Hall–Kier alpha value is -1.95. The summed E-state index contributed by atoms with van der Waals surface area (Å²) in [5.74, 6) is -0.421. The minimum absolute atomic E-state index is 0.189. The van der Waals surface area contributed by atoms with Gasteiger partial charge in [-0.3, -0.25) is 4.79 Å². The van der Waals surface area contributed by atoms with Crippen molar-refractivity contribution >= 4 is 12.4 Å². The zero-order valence-electron chi connectivity index (χ0n) is 7.40. The average Bonchev–Trinajstić information content (AvgIpc) is 2.17. The molecule has 0 aliphatic heterocycles. The van der Waals surface area contributed by atoms with Gasteiger partial charge in [0, 0.05) is 5.56 Å². The van der Waals surface area contributed by atoms with E-state index in [2.05, 4.69) is 0 Å². The second kappa shape index (κ2) is 4.93. The maximum Gasteiger partial charge on any atom is 0.142 e. The van der Waals surface area contributed by atoms with E-state index in [1.165, 1.54) is 18.2 Å². The average molecular weight is 189 g/mol. The van der Waals surface area contributed by atoms with Crippen molar-refractivity contribution < 1.29 is 9.18 Å². The molecule has 0 amide bonds. The topological polar surface area (TPSA) is 40.9 Å². The van der Waals surface area contributed by atoms with E-state index in [1.54, 1.807) is 12.1 Å². The fraction of sp³-hybridized carbons (Fsp3) is 0.0909. The van der Waals surface area contributed by atoms with Crippen LogP contribution in [0.2, 0.25) is 0 Å². The molecule has 0 spiro atoms. The number of carbonyl (C=O) groups excluding carboxylic acids is 1. The van der Waals surface area contributed by atoms with Crippen LogP contribution in [-0.2, 0) is 11.2 Å². The smallest absolute Gasteiger partial charge is 0.142 e. The van der Waals surface area contributed by atoms with Gasteiger partial charge in [0.2, 0.25) is 0 Å². The first-order valence-corrected chi connectivity index (χ1v) is 4.05. The summed E-state index contributed by atoms with van der Waals surface area (Å²) in [6, 6.07) is 6.44. The number of rotatable bonds is 3. The Morgan fingerprint density at radius 2 is 2.29 bits per heavy atom. The van der Waals surface area contributed by atoms with Gasteiger partial charge in [-0.1, -0.05) is 12.1 Å². The second-order valence-electron chi connectivity index (χ2n) is 2.69. The minimum atomic E-state index is -0.421. The molecule has 0 heterocycles. The molecule has 0 bridgehead atoms. The lowest BCUT2D eigenvalue weighted by Crippen LogP contribution is -1.87. The van der Waals surface area contributed by atoms with Gasteiger partial charge in [-0.15, -0.1) is 0 Å². The van der Waals surface area contributed by atoms with Crippen molar-refractivity contribution in [3.63, 3.8) is 0 Å². The number of carbonyl (C=O) groups is 1. The van der Waals surface area contributed by atoms with E-state index >= 15 is 0 Å². The zero-order chi connectivity index (χ0) is 10.4. The molecule has 70 valence electrons. The highest BCUT2D eigenvalue weighted by atomic mass is 19.1. The van der Waals surface area contributed by atoms with E-state index in [-0.39, 0.29) is 6.42 Å². The fourth-order valence-corrected chi connectivity index (χ4v) is 1.05. The number of hydrogen-bond acceptors (Lipinski definition) is 2. The maximum absolute atomic E-state index is 13.2. The van der Waals surface area contributed by atoms with Crippen molar-refractivity contribution in [3.05, 3.63) is 41.2 Å². The Morgan fingerprint density at radius 3 is 2.86 bits per heavy atom. The number of benzene rings is 1. The van der Waals surface area contributed by atoms with Crippen molar-refractivity contribution in [2.45, 2.75) is 6.42 Å². The summed E-state index contributed by atoms with van der Waals surface area (Å²) < 4.78 is 13.2. The molecule has 0 radical (unpaired) electrons. The molecule has 1 rings (SSSR count). The molecular formula is C11H8FNO. The second-order valence-corrected chi connectivity index (χ2v) is 2.69. The van der Waals surface area contributed by atoms with Crippen molar-refractivity contribution in [3.8, 4) is 6.07 Å². The Kier molecular flexibility index (Phi) is 3.57. The van der Waals surface area contributed by atoms with Gasteiger partial charge in [0.1, 0.15) is 12.1 Å². The maximum atomic E-state index is 13.2. The fourth-order valence-electron chi connectivity index (χ4n) is 1.05. The van der Waals surface area contributed by atoms with Crippen molar-refractivity contribution in [1.82, 2.24) is 0 Å². The SMILES string of the molecule is N#CCc1ccc(C=CC=O)c(F)c1. The third-order valence-electron chi connectivity index (χ3n) is 1.70. The van der Waals surface area contributed by atoms with Gasteiger partial charge in [-0.25, -0.2) is 4.39 Å². The normalized spacial score (nSPS) is 10.0. The molecule has 0 saturated carbocycles. The lowest BCUT2D eigenvalue weighted by atomic mass is 10.1. The summed E-state index contributed by atoms with van der Waals surface area (Å²) in [7, 11) is 0. The van der Waals surface area contributed by atoms with Crippen LogP contribution in [0.3, 0.4) is 0 Å². The van der Waals surface area contributed by atoms with E-state index in [9.17, 15) is 9.18 Å². The van der Waals surface area contributed by atoms with Gasteiger partial charge < -0.3 is 0 Å². The van der Waals surface area contributed by atoms with Crippen LogP contribution in [0.25, 0.3) is 6.08 Å². The first kappa shape index (κ1) is 10.1. The van der Waals surface area contributed by atoms with E-state index in [0.717, 1.165) is 0 Å². The summed E-state index contributed by atoms with van der Waals surface area (Å²) in [6.45, 7) is 0. The van der Waals surface area contributed by atoms with E-state index in [0.29, 0.717) is 17.4 Å². The summed E-state index contributed by atoms with van der Waals surface area (Å²) in [5, 5.41) is 8.39. The predicted octanol–water partition coefficient (Wildman–Crippen LogP) is 2.10. The van der Waals surface area contributed by atoms with Gasteiger partial charge in [-0.05, 0) is 23.8 Å². The summed E-state index contributed by atoms with van der Waals surface area (Å²) in [6.07, 6.45) is 3.39. The summed E-state index contributed by atoms with van der Waals surface area (Å²) in [5.41, 5.74) is 0.979. The van der Waals surface area contributed by atoms with Crippen LogP contribution < -0.4 is 0 Å². The summed E-state index contributed by atoms with van der Waals surface area (Å²) >= 11 is 0. The molecule has 14 heavy (non-hydrogen) atoms. The molecule has 1 aromatic rings. The van der Waals surface area contributed by atoms with Gasteiger partial charge in [0.05, 0.1) is 12.5 Å². The van der Waals surface area contributed by atoms with Crippen molar-refractivity contribution in [2.24, 2.45) is 0 Å². The Morgan fingerprint density at radius 1 is 1.50 bits per heavy atom. The molecular weight excluding hydrogens is 181 g/mol. The Balaban J connectivity index is 2.96. The molecule has 0 unspecified atom stereocenters. The highest BCUT2D eigenvalue weighted by Gasteiger charge is 1.99. The Labute approximate surface area is 81.3 Å². The molecule has 0 saturated heterocycles. The van der Waals surface area contributed by atoms with Gasteiger partial charge in [-0.2, -0.15) is 5.26 Å². The standard InChI is InChI=1S/C11H8FNO/c12-11-8-9(5-6-13)3-4-10(11)2-1-7-14/h1-4,7-8H,5H2. The molecule has 0 atom stereocenters. The number of aldehydes is 1. The Bertz CT molecular complexity index is 404. The highest BCUT2D eigenvalue weighted by molar-refractivity contribution is 5.73. The van der Waals surface area contributed by atoms with Crippen LogP contribution in [0, 0.1) is 17.1 Å². The highest BCUT2D eigenvalue weighted by Crippen LogP contribution is 2.12. The third kappa shape index (κ3) is 2.53. The number of allylic oxidation sites excluding steroid dienone is 1. The van der Waals surface area contributed by atoms with Gasteiger partial charge in [0.15, 0.2) is 0 Å². The number of halogens is 1. The number of nitriles is 1. The molecule has 0 fully saturated rings. The lowest BCUT2D eigenvalue weighted by molar-refractivity contribution is -0.104. The molecule has 0 N–H and O–H groups in total. The molecule has 1 aromatic carbocycles. The van der Waals surface area contributed by atoms with E-state index in [1.807, 2.05) is 6.07 Å². The lowest BCUT2D eigenvalue weighted by Gasteiger charge is -1.98. The largest absolute Gasteiger partial charge is 0.299 e. The monoisotopic (exact) mass is 189 g/mol. The quantitative estimate of drug-likeness (QED) is 0.539. The van der Waals surface area contributed by atoms with Crippen LogP contribution in [0.1, 0.15) is 11.1 Å². The van der Waals surface area contributed by atoms with Crippen LogP contribution in [0.15, 0.2) is 24.3 Å². The molecule has 2 nitrogen and oxygen atoms in total. The first-order valence-electron chi connectivity index (χ1n) is 4.05. The predicted molar refractivity (Wildman–Crippen MR) is 50.8 cm³/mol. The third-order valence-corrected chi connectivity index (χ3v) is 1.70. The number of hydrogen-bond donors (Lipinski definition) is 0. The molecule has 0 aliphatic rings. The summed E-state index contributed by atoms with van der Waals surface area (Å²) in [4.78, 5) is 10.0. The van der Waals surface area contributed by atoms with Gasteiger partial charge >= 0.3 is 0 Å². The number of nitrogens with zero attached hydrogens (tertiary/aromatic N) is 1. The van der Waals surface area contributed by atoms with Crippen LogP contribution >= 0.6 is 0 Å². The van der Waals surface area contributed by atoms with E-state index < -0.39 is 5.82 Å².